The zero-order valence-electron chi connectivity index (χ0n) is 20.0. The van der Waals surface area contributed by atoms with Crippen LogP contribution >= 0.6 is 0 Å². The lowest BCUT2D eigenvalue weighted by atomic mass is 9.75. The predicted molar refractivity (Wildman–Crippen MR) is 132 cm³/mol. The number of phenolic OH excluding ortho intramolecular Hbond substituents is 1. The Hall–Kier alpha value is -3.19. The van der Waals surface area contributed by atoms with Crippen molar-refractivity contribution in [2.24, 2.45) is 0 Å². The second-order valence-electron chi connectivity index (χ2n) is 9.56. The smallest absolute Gasteiger partial charge is 0.416 e. The van der Waals surface area contributed by atoms with Gasteiger partial charge in [-0.1, -0.05) is 42.8 Å². The van der Waals surface area contributed by atoms with Gasteiger partial charge in [0.1, 0.15) is 23.9 Å². The van der Waals surface area contributed by atoms with Gasteiger partial charge in [0.15, 0.2) is 0 Å². The SMILES string of the molecule is Oc1ccc2c(c1)OCC(c1cccc(C(F)(F)F)c1)C2c1ccc(OCCN2CCCCC2)cc1. The molecule has 0 aromatic heterocycles. The number of hydrogen-bond donors (Lipinski definition) is 1. The van der Waals surface area contributed by atoms with Gasteiger partial charge in [0, 0.05) is 30.0 Å². The molecule has 2 heterocycles. The Morgan fingerprint density at radius 2 is 1.69 bits per heavy atom. The van der Waals surface area contributed by atoms with Crippen LogP contribution < -0.4 is 9.47 Å². The normalized spacial score (nSPS) is 20.4. The summed E-state index contributed by atoms with van der Waals surface area (Å²) in [6.45, 7) is 3.97. The number of halogens is 3. The Labute approximate surface area is 209 Å². The van der Waals surface area contributed by atoms with Crippen molar-refractivity contribution in [3.05, 3.63) is 89.0 Å². The summed E-state index contributed by atoms with van der Waals surface area (Å²) in [6, 6.07) is 18.2. The second kappa shape index (κ2) is 10.4. The lowest BCUT2D eigenvalue weighted by molar-refractivity contribution is -0.137. The largest absolute Gasteiger partial charge is 0.508 e. The van der Waals surface area contributed by atoms with Crippen molar-refractivity contribution >= 4 is 0 Å². The number of aromatic hydroxyl groups is 1. The fraction of sp³-hybridized carbons (Fsp3) is 0.379. The fourth-order valence-corrected chi connectivity index (χ4v) is 5.29. The van der Waals surface area contributed by atoms with Crippen LogP contribution in [-0.4, -0.2) is 42.9 Å². The first-order valence-electron chi connectivity index (χ1n) is 12.5. The maximum absolute atomic E-state index is 13.4. The quantitative estimate of drug-likeness (QED) is 0.418. The summed E-state index contributed by atoms with van der Waals surface area (Å²) in [6.07, 6.45) is -0.634. The van der Waals surface area contributed by atoms with Crippen LogP contribution in [0.25, 0.3) is 0 Å². The number of piperidine rings is 1. The molecular formula is C29H30F3NO3. The Morgan fingerprint density at radius 3 is 2.44 bits per heavy atom. The number of benzene rings is 3. The monoisotopic (exact) mass is 497 g/mol. The highest BCUT2D eigenvalue weighted by molar-refractivity contribution is 5.51. The first-order chi connectivity index (χ1) is 17.4. The van der Waals surface area contributed by atoms with E-state index < -0.39 is 11.7 Å². The average Bonchev–Trinajstić information content (AvgIpc) is 2.88. The van der Waals surface area contributed by atoms with Gasteiger partial charge in [-0.25, -0.2) is 0 Å². The van der Waals surface area contributed by atoms with Crippen LogP contribution in [0.15, 0.2) is 66.7 Å². The van der Waals surface area contributed by atoms with E-state index in [0.717, 1.165) is 42.6 Å². The summed E-state index contributed by atoms with van der Waals surface area (Å²) >= 11 is 0. The molecule has 0 radical (unpaired) electrons. The highest BCUT2D eigenvalue weighted by Gasteiger charge is 2.36. The molecule has 5 rings (SSSR count). The molecule has 7 heteroatoms. The maximum Gasteiger partial charge on any atom is 0.416 e. The van der Waals surface area contributed by atoms with Crippen LogP contribution in [0.5, 0.6) is 17.2 Å². The van der Waals surface area contributed by atoms with Crippen LogP contribution in [0.4, 0.5) is 13.2 Å². The summed E-state index contributed by atoms with van der Waals surface area (Å²) in [5, 5.41) is 9.94. The topological polar surface area (TPSA) is 41.9 Å². The Kier molecular flexibility index (Phi) is 7.10. The molecule has 2 aliphatic rings. The summed E-state index contributed by atoms with van der Waals surface area (Å²) in [5.74, 6) is 0.840. The number of hydrogen-bond acceptors (Lipinski definition) is 4. The Morgan fingerprint density at radius 1 is 0.917 bits per heavy atom. The van der Waals surface area contributed by atoms with Gasteiger partial charge in [0.05, 0.1) is 12.2 Å². The van der Waals surface area contributed by atoms with Crippen molar-refractivity contribution in [2.75, 3.05) is 32.8 Å². The molecule has 0 aliphatic carbocycles. The number of phenols is 1. The fourth-order valence-electron chi connectivity index (χ4n) is 5.29. The summed E-state index contributed by atoms with van der Waals surface area (Å²) in [5.41, 5.74) is 1.68. The number of nitrogens with zero attached hydrogens (tertiary/aromatic N) is 1. The van der Waals surface area contributed by atoms with Gasteiger partial charge in [-0.2, -0.15) is 13.2 Å². The number of fused-ring (bicyclic) bond motifs is 1. The molecular weight excluding hydrogens is 467 g/mol. The molecule has 2 aliphatic heterocycles. The Balaban J connectivity index is 1.40. The van der Waals surface area contributed by atoms with Crippen LogP contribution in [0, 0.1) is 0 Å². The van der Waals surface area contributed by atoms with Gasteiger partial charge in [0.25, 0.3) is 0 Å². The van der Waals surface area contributed by atoms with Crippen molar-refractivity contribution in [3.63, 3.8) is 0 Å². The molecule has 36 heavy (non-hydrogen) atoms. The number of alkyl halides is 3. The average molecular weight is 498 g/mol. The minimum absolute atomic E-state index is 0.0856. The van der Waals surface area contributed by atoms with Crippen molar-refractivity contribution < 1.29 is 27.8 Å². The number of likely N-dealkylation sites (tertiary alicyclic amines) is 1. The number of ether oxygens (including phenoxy) is 2. The minimum atomic E-state index is -4.42. The third kappa shape index (κ3) is 5.46. The van der Waals surface area contributed by atoms with Crippen molar-refractivity contribution in [3.8, 4) is 17.2 Å². The minimum Gasteiger partial charge on any atom is -0.508 e. The lowest BCUT2D eigenvalue weighted by Gasteiger charge is -2.35. The molecule has 1 saturated heterocycles. The van der Waals surface area contributed by atoms with Gasteiger partial charge in [-0.05, 0) is 61.3 Å². The van der Waals surface area contributed by atoms with Gasteiger partial charge < -0.3 is 14.6 Å². The first-order valence-corrected chi connectivity index (χ1v) is 12.5. The standard InChI is InChI=1S/C29H30F3NO3/c30-29(31,32)22-6-4-5-21(17-22)26-19-36-27-18-23(34)9-12-25(27)28(26)20-7-10-24(11-8-20)35-16-15-33-13-2-1-3-14-33/h4-12,17-18,26,28,34H,1-3,13-16,19H2. The van der Waals surface area contributed by atoms with E-state index in [2.05, 4.69) is 4.90 Å². The lowest BCUT2D eigenvalue weighted by Crippen LogP contribution is -2.33. The van der Waals surface area contributed by atoms with E-state index in [1.54, 1.807) is 24.3 Å². The molecule has 3 aromatic rings. The number of rotatable bonds is 6. The van der Waals surface area contributed by atoms with Crippen LogP contribution in [0.2, 0.25) is 0 Å². The molecule has 1 N–H and O–H groups in total. The highest BCUT2D eigenvalue weighted by Crippen LogP contribution is 2.47. The van der Waals surface area contributed by atoms with Crippen LogP contribution in [0.3, 0.4) is 0 Å². The van der Waals surface area contributed by atoms with E-state index in [4.69, 9.17) is 9.47 Å². The van der Waals surface area contributed by atoms with Gasteiger partial charge in [-0.15, -0.1) is 0 Å². The van der Waals surface area contributed by atoms with E-state index in [1.807, 2.05) is 24.3 Å². The molecule has 0 spiro atoms. The van der Waals surface area contributed by atoms with Crippen molar-refractivity contribution in [2.45, 2.75) is 37.3 Å². The van der Waals surface area contributed by atoms with Crippen LogP contribution in [-0.2, 0) is 6.18 Å². The third-order valence-electron chi connectivity index (χ3n) is 7.16. The molecule has 4 nitrogen and oxygen atoms in total. The Bertz CT molecular complexity index is 1170. The summed E-state index contributed by atoms with van der Waals surface area (Å²) in [7, 11) is 0. The molecule has 2 unspecified atom stereocenters. The first kappa shape index (κ1) is 24.5. The zero-order chi connectivity index (χ0) is 25.1. The van der Waals surface area contributed by atoms with Crippen molar-refractivity contribution in [1.29, 1.82) is 0 Å². The second-order valence-corrected chi connectivity index (χ2v) is 9.56. The summed E-state index contributed by atoms with van der Waals surface area (Å²) in [4.78, 5) is 2.42. The molecule has 1 fully saturated rings. The maximum atomic E-state index is 13.4. The molecule has 3 aromatic carbocycles. The van der Waals surface area contributed by atoms with Gasteiger partial charge in [0.2, 0.25) is 0 Å². The van der Waals surface area contributed by atoms with Crippen LogP contribution in [0.1, 0.15) is 53.4 Å². The third-order valence-corrected chi connectivity index (χ3v) is 7.16. The van der Waals surface area contributed by atoms with E-state index in [0.29, 0.717) is 17.9 Å². The van der Waals surface area contributed by atoms with E-state index in [1.165, 1.54) is 31.4 Å². The van der Waals surface area contributed by atoms with E-state index >= 15 is 0 Å². The summed E-state index contributed by atoms with van der Waals surface area (Å²) < 4.78 is 52.2. The van der Waals surface area contributed by atoms with Gasteiger partial charge in [-0.3, -0.25) is 4.90 Å². The van der Waals surface area contributed by atoms with E-state index in [9.17, 15) is 18.3 Å². The molecule has 0 bridgehead atoms. The molecule has 190 valence electrons. The molecule has 2 atom stereocenters. The molecule has 0 amide bonds. The molecule has 0 saturated carbocycles. The highest BCUT2D eigenvalue weighted by atomic mass is 19.4. The van der Waals surface area contributed by atoms with E-state index in [-0.39, 0.29) is 24.2 Å². The van der Waals surface area contributed by atoms with Crippen molar-refractivity contribution in [1.82, 2.24) is 4.90 Å². The predicted octanol–water partition coefficient (Wildman–Crippen LogP) is 6.58. The zero-order valence-corrected chi connectivity index (χ0v) is 20.0. The van der Waals surface area contributed by atoms with Gasteiger partial charge >= 0.3 is 6.18 Å².